The number of anilines is 1. The fraction of sp³-hybridized carbons (Fsp3) is 0.571. The predicted molar refractivity (Wildman–Crippen MR) is 67.5 cm³/mol. The molecule has 3 rings (SSSR count). The lowest BCUT2D eigenvalue weighted by molar-refractivity contribution is 0.203. The van der Waals surface area contributed by atoms with Crippen LogP contribution in [0.15, 0.2) is 18.2 Å². The third-order valence-electron chi connectivity index (χ3n) is 3.84. The molecule has 1 heterocycles. The highest BCUT2D eigenvalue weighted by Gasteiger charge is 2.28. The molecule has 1 atom stereocenters. The molecular weight excluding hydrogens is 215 g/mol. The summed E-state index contributed by atoms with van der Waals surface area (Å²) in [5, 5.41) is 3.42. The van der Waals surface area contributed by atoms with Gasteiger partial charge in [0.1, 0.15) is 5.82 Å². The third-order valence-corrected chi connectivity index (χ3v) is 3.84. The van der Waals surface area contributed by atoms with Crippen molar-refractivity contribution in [2.24, 2.45) is 5.92 Å². The van der Waals surface area contributed by atoms with Crippen molar-refractivity contribution in [3.63, 3.8) is 0 Å². The summed E-state index contributed by atoms with van der Waals surface area (Å²) >= 11 is 0. The summed E-state index contributed by atoms with van der Waals surface area (Å²) in [6.45, 7) is 5.24. The van der Waals surface area contributed by atoms with E-state index in [0.29, 0.717) is 6.04 Å². The number of hydrogen-bond acceptors (Lipinski definition) is 2. The summed E-state index contributed by atoms with van der Waals surface area (Å²) in [5.74, 6) is 0.749. The summed E-state index contributed by atoms with van der Waals surface area (Å²) in [4.78, 5) is 2.48. The average molecular weight is 234 g/mol. The van der Waals surface area contributed by atoms with Crippen molar-refractivity contribution >= 4 is 5.69 Å². The Morgan fingerprint density at radius 2 is 2.24 bits per heavy atom. The molecule has 3 heteroatoms. The van der Waals surface area contributed by atoms with Crippen LogP contribution in [-0.2, 0) is 6.54 Å². The van der Waals surface area contributed by atoms with Crippen LogP contribution in [0.1, 0.15) is 25.3 Å². The molecule has 0 saturated heterocycles. The molecule has 0 radical (unpaired) electrons. The maximum absolute atomic E-state index is 13.3. The molecular formula is C14H19FN2. The number of nitrogens with one attached hydrogen (secondary N) is 1. The minimum absolute atomic E-state index is 0.133. The van der Waals surface area contributed by atoms with E-state index in [9.17, 15) is 4.39 Å². The van der Waals surface area contributed by atoms with Crippen molar-refractivity contribution in [2.75, 3.05) is 18.4 Å². The van der Waals surface area contributed by atoms with E-state index >= 15 is 0 Å². The van der Waals surface area contributed by atoms with Crippen LogP contribution in [0, 0.1) is 11.7 Å². The van der Waals surface area contributed by atoms with Gasteiger partial charge in [-0.3, -0.25) is 4.90 Å². The largest absolute Gasteiger partial charge is 0.383 e. The number of fused-ring (bicyclic) bond motifs is 1. The molecule has 2 aliphatic rings. The van der Waals surface area contributed by atoms with E-state index in [-0.39, 0.29) is 5.82 Å². The van der Waals surface area contributed by atoms with Gasteiger partial charge in [0.2, 0.25) is 0 Å². The topological polar surface area (TPSA) is 15.3 Å². The molecule has 0 amide bonds. The molecule has 1 N–H and O–H groups in total. The Hall–Kier alpha value is -1.09. The van der Waals surface area contributed by atoms with E-state index in [1.165, 1.54) is 25.5 Å². The second-order valence-electron chi connectivity index (χ2n) is 5.40. The predicted octanol–water partition coefficient (Wildman–Crippen LogP) is 2.85. The SMILES string of the molecule is C[C@H]1CNc2ccc(F)cc2CN1CC1CC1. The fourth-order valence-corrected chi connectivity index (χ4v) is 2.50. The Morgan fingerprint density at radius 1 is 1.41 bits per heavy atom. The van der Waals surface area contributed by atoms with E-state index in [0.717, 1.165) is 30.3 Å². The molecule has 1 fully saturated rings. The number of nitrogens with zero attached hydrogens (tertiary/aromatic N) is 1. The van der Waals surface area contributed by atoms with Gasteiger partial charge in [0.15, 0.2) is 0 Å². The van der Waals surface area contributed by atoms with Gasteiger partial charge in [-0.15, -0.1) is 0 Å². The summed E-state index contributed by atoms with van der Waals surface area (Å²) in [6, 6.07) is 5.58. The van der Waals surface area contributed by atoms with Crippen LogP contribution in [0.2, 0.25) is 0 Å². The van der Waals surface area contributed by atoms with Crippen molar-refractivity contribution in [3.8, 4) is 0 Å². The van der Waals surface area contributed by atoms with Gasteiger partial charge in [-0.2, -0.15) is 0 Å². The van der Waals surface area contributed by atoms with E-state index in [1.54, 1.807) is 6.07 Å². The summed E-state index contributed by atoms with van der Waals surface area (Å²) < 4.78 is 13.3. The van der Waals surface area contributed by atoms with Crippen LogP contribution in [0.4, 0.5) is 10.1 Å². The summed E-state index contributed by atoms with van der Waals surface area (Å²) in [5.41, 5.74) is 2.19. The van der Waals surface area contributed by atoms with Gasteiger partial charge in [0.25, 0.3) is 0 Å². The smallest absolute Gasteiger partial charge is 0.123 e. The zero-order valence-electron chi connectivity index (χ0n) is 10.2. The molecule has 0 aromatic heterocycles. The van der Waals surface area contributed by atoms with Crippen molar-refractivity contribution < 1.29 is 4.39 Å². The molecule has 1 aromatic rings. The first kappa shape index (κ1) is 11.0. The van der Waals surface area contributed by atoms with Crippen molar-refractivity contribution in [3.05, 3.63) is 29.6 Å². The highest BCUT2D eigenvalue weighted by molar-refractivity contribution is 5.52. The highest BCUT2D eigenvalue weighted by atomic mass is 19.1. The van der Waals surface area contributed by atoms with E-state index in [1.807, 2.05) is 6.07 Å². The second-order valence-corrected chi connectivity index (χ2v) is 5.40. The normalized spacial score (nSPS) is 24.9. The molecule has 0 spiro atoms. The number of hydrogen-bond donors (Lipinski definition) is 1. The first-order valence-electron chi connectivity index (χ1n) is 6.49. The Labute approximate surface area is 102 Å². The van der Waals surface area contributed by atoms with Gasteiger partial charge >= 0.3 is 0 Å². The zero-order chi connectivity index (χ0) is 11.8. The first-order valence-corrected chi connectivity index (χ1v) is 6.49. The highest BCUT2D eigenvalue weighted by Crippen LogP contribution is 2.32. The summed E-state index contributed by atoms with van der Waals surface area (Å²) in [6.07, 6.45) is 2.74. The minimum atomic E-state index is -0.133. The molecule has 1 aromatic carbocycles. The number of halogens is 1. The van der Waals surface area contributed by atoms with Gasteiger partial charge in [0, 0.05) is 31.4 Å². The molecule has 2 nitrogen and oxygen atoms in total. The minimum Gasteiger partial charge on any atom is -0.383 e. The van der Waals surface area contributed by atoms with E-state index in [2.05, 4.69) is 17.1 Å². The average Bonchev–Trinajstić information content (AvgIpc) is 3.10. The van der Waals surface area contributed by atoms with Crippen LogP contribution >= 0.6 is 0 Å². The monoisotopic (exact) mass is 234 g/mol. The molecule has 0 unspecified atom stereocenters. The van der Waals surface area contributed by atoms with Gasteiger partial charge in [0.05, 0.1) is 0 Å². The molecule has 1 aliphatic heterocycles. The Morgan fingerprint density at radius 3 is 3.00 bits per heavy atom. The van der Waals surface area contributed by atoms with E-state index in [4.69, 9.17) is 0 Å². The Bertz CT molecular complexity index is 415. The first-order chi connectivity index (χ1) is 8.22. The Balaban J connectivity index is 1.82. The lowest BCUT2D eigenvalue weighted by Crippen LogP contribution is -2.36. The van der Waals surface area contributed by atoms with Crippen LogP contribution in [-0.4, -0.2) is 24.0 Å². The lowest BCUT2D eigenvalue weighted by Gasteiger charge is -2.26. The van der Waals surface area contributed by atoms with Crippen molar-refractivity contribution in [1.82, 2.24) is 4.90 Å². The summed E-state index contributed by atoms with van der Waals surface area (Å²) in [7, 11) is 0. The second kappa shape index (κ2) is 4.30. The maximum Gasteiger partial charge on any atom is 0.123 e. The lowest BCUT2D eigenvalue weighted by atomic mass is 10.1. The van der Waals surface area contributed by atoms with Crippen LogP contribution in [0.5, 0.6) is 0 Å². The quantitative estimate of drug-likeness (QED) is 0.846. The molecule has 17 heavy (non-hydrogen) atoms. The maximum atomic E-state index is 13.3. The standard InChI is InChI=1S/C14H19FN2/c1-10-7-16-14-5-4-13(15)6-12(14)9-17(10)8-11-2-3-11/h4-6,10-11,16H,2-3,7-9H2,1H3/t10-/m0/s1. The molecule has 1 aliphatic carbocycles. The fourth-order valence-electron chi connectivity index (χ4n) is 2.50. The number of benzene rings is 1. The molecule has 0 bridgehead atoms. The molecule has 92 valence electrons. The van der Waals surface area contributed by atoms with Crippen molar-refractivity contribution in [1.29, 1.82) is 0 Å². The van der Waals surface area contributed by atoms with Gasteiger partial charge < -0.3 is 5.32 Å². The zero-order valence-corrected chi connectivity index (χ0v) is 10.2. The third kappa shape index (κ3) is 2.44. The Kier molecular flexibility index (Phi) is 2.79. The van der Waals surface area contributed by atoms with Crippen molar-refractivity contribution in [2.45, 2.75) is 32.4 Å². The number of rotatable bonds is 2. The van der Waals surface area contributed by atoms with Crippen LogP contribution < -0.4 is 5.32 Å². The van der Waals surface area contributed by atoms with Crippen LogP contribution in [0.3, 0.4) is 0 Å². The molecule has 1 saturated carbocycles. The van der Waals surface area contributed by atoms with Gasteiger partial charge in [-0.05, 0) is 49.4 Å². The van der Waals surface area contributed by atoms with E-state index < -0.39 is 0 Å². The van der Waals surface area contributed by atoms with Gasteiger partial charge in [-0.1, -0.05) is 0 Å². The van der Waals surface area contributed by atoms with Crippen LogP contribution in [0.25, 0.3) is 0 Å². The van der Waals surface area contributed by atoms with Gasteiger partial charge in [-0.25, -0.2) is 4.39 Å².